The zero-order chi connectivity index (χ0) is 7.82. The van der Waals surface area contributed by atoms with E-state index >= 15 is 0 Å². The van der Waals surface area contributed by atoms with Gasteiger partial charge in [-0.1, -0.05) is 0 Å². The molecule has 1 saturated heterocycles. The van der Waals surface area contributed by atoms with Crippen LogP contribution in [0.1, 0.15) is 0 Å². The van der Waals surface area contributed by atoms with Crippen LogP contribution in [-0.4, -0.2) is 25.0 Å². The molecule has 0 bridgehead atoms. The van der Waals surface area contributed by atoms with Gasteiger partial charge in [0.15, 0.2) is 14.6 Å². The summed E-state index contributed by atoms with van der Waals surface area (Å²) in [5.41, 5.74) is 0. The highest BCUT2D eigenvalue weighted by molar-refractivity contribution is 7.46. The van der Waals surface area contributed by atoms with Gasteiger partial charge in [-0.2, -0.15) is 0 Å². The van der Waals surface area contributed by atoms with Crippen LogP contribution in [0.15, 0.2) is 12.5 Å². The summed E-state index contributed by atoms with van der Waals surface area (Å²) >= 11 is 0. The van der Waals surface area contributed by atoms with Gasteiger partial charge in [0.25, 0.3) is 0 Å². The van der Waals surface area contributed by atoms with Crippen molar-refractivity contribution in [2.24, 2.45) is 0 Å². The largest absolute Gasteiger partial charge is 0.512 e. The van der Waals surface area contributed by atoms with Crippen LogP contribution in [0, 0.1) is 0 Å². The molecule has 1 aliphatic heterocycles. The zero-order valence-corrected chi connectivity index (χ0v) is 6.58. The van der Waals surface area contributed by atoms with Crippen LogP contribution in [0.25, 0.3) is 0 Å². The predicted molar refractivity (Wildman–Crippen MR) is 37.2 cm³/mol. The molecular weight excluding hydrogens is 155 g/mol. The number of hydrogen-bond acceptors (Lipinski definition) is 3. The van der Waals surface area contributed by atoms with Gasteiger partial charge in [-0.25, -0.2) is 0 Å². The molecule has 0 saturated carbocycles. The number of rotatable bonds is 0. The summed E-state index contributed by atoms with van der Waals surface area (Å²) in [6.07, 6.45) is 0.750. The lowest BCUT2D eigenvalue weighted by Gasteiger charge is -1.93. The molecule has 1 aliphatic rings. The standard InChI is InChI=1S/C3H7O2P.C2H3O2/c1-6-4-2-3-5-6;3-1-2-4/h2-3H2,1H3;1-3H. The molecular formula is C5H10O4P. The minimum absolute atomic E-state index is 0.306. The van der Waals surface area contributed by atoms with Crippen LogP contribution >= 0.6 is 8.38 Å². The normalized spacial score (nSPS) is 18.9. The summed E-state index contributed by atoms with van der Waals surface area (Å²) in [5.74, 6) is 0. The lowest BCUT2D eigenvalue weighted by molar-refractivity contribution is 0.325. The molecule has 1 radical (unpaired) electrons. The van der Waals surface area contributed by atoms with E-state index in [0.29, 0.717) is 12.5 Å². The van der Waals surface area contributed by atoms with E-state index in [1.165, 1.54) is 0 Å². The average molecular weight is 165 g/mol. The van der Waals surface area contributed by atoms with Crippen LogP contribution in [0.5, 0.6) is 0 Å². The van der Waals surface area contributed by atoms with Gasteiger partial charge in [-0.15, -0.1) is 0 Å². The fourth-order valence-corrected chi connectivity index (χ4v) is 1.11. The average Bonchev–Trinajstić information content (AvgIpc) is 2.40. The van der Waals surface area contributed by atoms with Crippen molar-refractivity contribution < 1.29 is 19.3 Å². The molecule has 0 aromatic heterocycles. The number of aliphatic hydroxyl groups excluding tert-OH is 1. The van der Waals surface area contributed by atoms with Crippen molar-refractivity contribution in [2.75, 3.05) is 19.9 Å². The Balaban J connectivity index is 0.000000180. The van der Waals surface area contributed by atoms with Gasteiger partial charge in [0.05, 0.1) is 13.2 Å². The van der Waals surface area contributed by atoms with E-state index in [-0.39, 0.29) is 0 Å². The smallest absolute Gasteiger partial charge is 0.176 e. The monoisotopic (exact) mass is 165 g/mol. The van der Waals surface area contributed by atoms with Crippen molar-refractivity contribution in [2.45, 2.75) is 0 Å². The topological polar surface area (TPSA) is 58.6 Å². The molecule has 0 spiro atoms. The molecule has 10 heavy (non-hydrogen) atoms. The summed E-state index contributed by atoms with van der Waals surface area (Å²) in [7, 11) is -0.465. The molecule has 0 atom stereocenters. The maximum absolute atomic E-state index is 8.87. The van der Waals surface area contributed by atoms with E-state index in [4.69, 9.17) is 19.3 Å². The molecule has 0 aromatic carbocycles. The second-order valence-corrected chi connectivity index (χ2v) is 2.79. The molecule has 1 fully saturated rings. The Labute approximate surface area is 61.0 Å². The van der Waals surface area contributed by atoms with E-state index in [2.05, 4.69) is 0 Å². The lowest BCUT2D eigenvalue weighted by Crippen LogP contribution is -1.79. The van der Waals surface area contributed by atoms with Gasteiger partial charge in [0, 0.05) is 6.66 Å². The minimum atomic E-state index is -0.465. The summed E-state index contributed by atoms with van der Waals surface area (Å²) < 4.78 is 9.99. The minimum Gasteiger partial charge on any atom is -0.512 e. The fourth-order valence-electron chi connectivity index (χ4n) is 0.369. The van der Waals surface area contributed by atoms with E-state index in [0.717, 1.165) is 13.2 Å². The van der Waals surface area contributed by atoms with Crippen molar-refractivity contribution in [1.82, 2.24) is 0 Å². The van der Waals surface area contributed by atoms with Gasteiger partial charge >= 0.3 is 0 Å². The number of hydrogen-bond donors (Lipinski definition) is 1. The van der Waals surface area contributed by atoms with Crippen molar-refractivity contribution in [1.29, 1.82) is 0 Å². The van der Waals surface area contributed by atoms with Crippen LogP contribution in [0.4, 0.5) is 0 Å². The first kappa shape index (κ1) is 9.69. The van der Waals surface area contributed by atoms with E-state index < -0.39 is 8.38 Å². The first-order valence-corrected chi connectivity index (χ1v) is 4.34. The quantitative estimate of drug-likeness (QED) is 0.436. The molecule has 1 N–H and O–H groups in total. The maximum Gasteiger partial charge on any atom is 0.176 e. The Morgan fingerprint density at radius 1 is 1.50 bits per heavy atom. The summed E-state index contributed by atoms with van der Waals surface area (Å²) in [4.78, 5) is 0. The molecule has 0 unspecified atom stereocenters. The lowest BCUT2D eigenvalue weighted by atomic mass is 10.8. The summed E-state index contributed by atoms with van der Waals surface area (Å²) in [6.45, 7) is 3.55. The molecule has 4 nitrogen and oxygen atoms in total. The van der Waals surface area contributed by atoms with Crippen LogP contribution < -0.4 is 0 Å². The Hall–Kier alpha value is -0.310. The Kier molecular flexibility index (Phi) is 6.59. The van der Waals surface area contributed by atoms with E-state index in [9.17, 15) is 0 Å². The predicted octanol–water partition coefficient (Wildman–Crippen LogP) is 1.42. The zero-order valence-electron chi connectivity index (χ0n) is 5.69. The molecule has 0 aliphatic carbocycles. The second-order valence-electron chi connectivity index (χ2n) is 1.39. The Morgan fingerprint density at radius 2 is 1.90 bits per heavy atom. The maximum atomic E-state index is 8.87. The van der Waals surface area contributed by atoms with Crippen molar-refractivity contribution in [3.8, 4) is 0 Å². The molecule has 0 amide bonds. The van der Waals surface area contributed by atoms with E-state index in [1.54, 1.807) is 0 Å². The summed E-state index contributed by atoms with van der Waals surface area (Å²) in [5, 5.41) is 16.2. The molecule has 0 aromatic rings. The summed E-state index contributed by atoms with van der Waals surface area (Å²) in [6, 6.07) is 0. The van der Waals surface area contributed by atoms with Crippen LogP contribution in [-0.2, 0) is 14.2 Å². The Morgan fingerprint density at radius 3 is 2.00 bits per heavy atom. The molecule has 59 valence electrons. The van der Waals surface area contributed by atoms with Gasteiger partial charge in [-0.05, 0) is 0 Å². The third-order valence-corrected chi connectivity index (χ3v) is 1.78. The van der Waals surface area contributed by atoms with Crippen molar-refractivity contribution in [3.05, 3.63) is 12.5 Å². The highest BCUT2D eigenvalue weighted by Crippen LogP contribution is 2.37. The molecule has 1 heterocycles. The number of aliphatic hydroxyl groups is 1. The van der Waals surface area contributed by atoms with Crippen LogP contribution in [0.3, 0.4) is 0 Å². The van der Waals surface area contributed by atoms with Crippen molar-refractivity contribution in [3.63, 3.8) is 0 Å². The highest BCUT2D eigenvalue weighted by Gasteiger charge is 2.08. The molecule has 5 heteroatoms. The highest BCUT2D eigenvalue weighted by atomic mass is 31.2. The fraction of sp³-hybridized carbons (Fsp3) is 0.600. The molecule has 1 rings (SSSR count). The SMILES string of the molecule is CP1OCCO1.[O]C=CO. The van der Waals surface area contributed by atoms with Crippen molar-refractivity contribution >= 4 is 8.38 Å². The van der Waals surface area contributed by atoms with Gasteiger partial charge in [-0.3, -0.25) is 5.11 Å². The second kappa shape index (κ2) is 6.81. The Bertz CT molecular complexity index is 85.6. The van der Waals surface area contributed by atoms with Crippen LogP contribution in [0.2, 0.25) is 0 Å². The van der Waals surface area contributed by atoms with E-state index in [1.807, 2.05) is 6.66 Å². The first-order chi connectivity index (χ1) is 4.81. The van der Waals surface area contributed by atoms with Gasteiger partial charge in [0.2, 0.25) is 0 Å². The van der Waals surface area contributed by atoms with Gasteiger partial charge < -0.3 is 14.2 Å². The third-order valence-electron chi connectivity index (χ3n) is 0.690. The first-order valence-electron chi connectivity index (χ1n) is 2.72. The third kappa shape index (κ3) is 5.82. The van der Waals surface area contributed by atoms with Gasteiger partial charge in [0.1, 0.15) is 6.26 Å².